The Morgan fingerprint density at radius 2 is 1.96 bits per heavy atom. The summed E-state index contributed by atoms with van der Waals surface area (Å²) >= 11 is 0. The third kappa shape index (κ3) is 6.31. The van der Waals surface area contributed by atoms with Gasteiger partial charge in [0.1, 0.15) is 0 Å². The molecule has 1 aromatic carbocycles. The van der Waals surface area contributed by atoms with Crippen LogP contribution in [0.2, 0.25) is 0 Å². The maximum Gasteiger partial charge on any atom is 0.191 e. The van der Waals surface area contributed by atoms with Crippen LogP contribution in [0.1, 0.15) is 45.1 Å². The molecule has 27 heavy (non-hydrogen) atoms. The highest BCUT2D eigenvalue weighted by Crippen LogP contribution is 2.43. The molecule has 1 aliphatic rings. The molecule has 152 valence electrons. The van der Waals surface area contributed by atoms with Crippen LogP contribution < -0.4 is 20.1 Å². The van der Waals surface area contributed by atoms with Crippen LogP contribution in [0.3, 0.4) is 0 Å². The first kappa shape index (κ1) is 21.4. The molecule has 0 amide bonds. The highest BCUT2D eigenvalue weighted by atomic mass is 16.5. The second kappa shape index (κ2) is 11.0. The van der Waals surface area contributed by atoms with E-state index in [9.17, 15) is 0 Å². The average molecular weight is 378 g/mol. The van der Waals surface area contributed by atoms with Crippen molar-refractivity contribution in [2.24, 2.45) is 10.4 Å². The molecule has 1 fully saturated rings. The van der Waals surface area contributed by atoms with Crippen LogP contribution >= 0.6 is 0 Å². The van der Waals surface area contributed by atoms with Crippen molar-refractivity contribution in [3.8, 4) is 11.5 Å². The van der Waals surface area contributed by atoms with Crippen molar-refractivity contribution in [3.05, 3.63) is 23.8 Å². The summed E-state index contributed by atoms with van der Waals surface area (Å²) in [5.41, 5.74) is 1.44. The fourth-order valence-corrected chi connectivity index (χ4v) is 3.38. The Labute approximate surface area is 163 Å². The van der Waals surface area contributed by atoms with E-state index in [1.54, 1.807) is 14.2 Å². The van der Waals surface area contributed by atoms with Gasteiger partial charge < -0.3 is 24.8 Å². The van der Waals surface area contributed by atoms with Gasteiger partial charge in [0, 0.05) is 26.8 Å². The number of ether oxygens (including phenoxy) is 3. The molecule has 2 rings (SSSR count). The molecular formula is C21H35N3O3. The fourth-order valence-electron chi connectivity index (χ4n) is 3.38. The Morgan fingerprint density at radius 1 is 1.15 bits per heavy atom. The van der Waals surface area contributed by atoms with E-state index in [0.717, 1.165) is 49.1 Å². The standard InChI is InChI=1S/C21H35N3O3/c1-5-22-20(24-16-21(10-7-11-21)12-13-25-3)23-15-17-8-9-18(27-6-2)19(14-17)26-4/h8-9,14H,5-7,10-13,15-16H2,1-4H3,(H2,22,23,24). The third-order valence-electron chi connectivity index (χ3n) is 5.17. The molecule has 1 aliphatic carbocycles. The highest BCUT2D eigenvalue weighted by Gasteiger charge is 2.36. The van der Waals surface area contributed by atoms with Gasteiger partial charge in [0.05, 0.1) is 20.3 Å². The molecule has 2 N–H and O–H groups in total. The lowest BCUT2D eigenvalue weighted by atomic mass is 9.67. The highest BCUT2D eigenvalue weighted by molar-refractivity contribution is 5.79. The molecule has 0 heterocycles. The molecule has 0 unspecified atom stereocenters. The van der Waals surface area contributed by atoms with E-state index >= 15 is 0 Å². The van der Waals surface area contributed by atoms with Gasteiger partial charge in [-0.05, 0) is 56.2 Å². The van der Waals surface area contributed by atoms with Crippen LogP contribution in [0.5, 0.6) is 11.5 Å². The predicted octanol–water partition coefficient (Wildman–Crippen LogP) is 3.36. The minimum atomic E-state index is 0.356. The van der Waals surface area contributed by atoms with Gasteiger partial charge >= 0.3 is 0 Å². The van der Waals surface area contributed by atoms with Crippen molar-refractivity contribution in [2.75, 3.05) is 40.5 Å². The number of methoxy groups -OCH3 is 2. The lowest BCUT2D eigenvalue weighted by Gasteiger charge is -2.42. The van der Waals surface area contributed by atoms with Crippen molar-refractivity contribution >= 4 is 5.96 Å². The molecule has 6 heteroatoms. The minimum absolute atomic E-state index is 0.356. The number of benzene rings is 1. The number of nitrogens with one attached hydrogen (secondary N) is 2. The number of guanidine groups is 1. The summed E-state index contributed by atoms with van der Waals surface area (Å²) in [5.74, 6) is 2.37. The van der Waals surface area contributed by atoms with E-state index < -0.39 is 0 Å². The third-order valence-corrected chi connectivity index (χ3v) is 5.17. The van der Waals surface area contributed by atoms with E-state index in [-0.39, 0.29) is 0 Å². The first-order valence-corrected chi connectivity index (χ1v) is 9.97. The van der Waals surface area contributed by atoms with Gasteiger partial charge in [-0.2, -0.15) is 0 Å². The molecule has 1 saturated carbocycles. The number of rotatable bonds is 11. The van der Waals surface area contributed by atoms with Gasteiger partial charge in [0.2, 0.25) is 0 Å². The Morgan fingerprint density at radius 3 is 2.56 bits per heavy atom. The molecule has 0 spiro atoms. The Kier molecular flexibility index (Phi) is 8.72. The maximum absolute atomic E-state index is 5.58. The van der Waals surface area contributed by atoms with E-state index in [4.69, 9.17) is 19.2 Å². The van der Waals surface area contributed by atoms with Crippen molar-refractivity contribution < 1.29 is 14.2 Å². The summed E-state index contributed by atoms with van der Waals surface area (Å²) in [6, 6.07) is 5.97. The number of aliphatic imine (C=N–C) groups is 1. The van der Waals surface area contributed by atoms with Gasteiger partial charge in [0.15, 0.2) is 17.5 Å². The largest absolute Gasteiger partial charge is 0.493 e. The van der Waals surface area contributed by atoms with Crippen molar-refractivity contribution in [1.82, 2.24) is 10.6 Å². The predicted molar refractivity (Wildman–Crippen MR) is 110 cm³/mol. The van der Waals surface area contributed by atoms with Gasteiger partial charge in [-0.1, -0.05) is 12.5 Å². The van der Waals surface area contributed by atoms with Crippen LogP contribution in [0.4, 0.5) is 0 Å². The smallest absolute Gasteiger partial charge is 0.191 e. The molecule has 0 bridgehead atoms. The lowest BCUT2D eigenvalue weighted by molar-refractivity contribution is 0.0732. The summed E-state index contributed by atoms with van der Waals surface area (Å²) < 4.78 is 16.3. The van der Waals surface area contributed by atoms with Crippen LogP contribution in [0.15, 0.2) is 23.2 Å². The summed E-state index contributed by atoms with van der Waals surface area (Å²) in [7, 11) is 3.44. The quantitative estimate of drug-likeness (QED) is 0.457. The molecule has 6 nitrogen and oxygen atoms in total. The Hall–Kier alpha value is -1.95. The van der Waals surface area contributed by atoms with Gasteiger partial charge in [-0.15, -0.1) is 0 Å². The monoisotopic (exact) mass is 377 g/mol. The summed E-state index contributed by atoms with van der Waals surface area (Å²) in [5, 5.41) is 6.87. The first-order chi connectivity index (χ1) is 13.2. The van der Waals surface area contributed by atoms with Crippen molar-refractivity contribution in [3.63, 3.8) is 0 Å². The normalized spacial score (nSPS) is 15.8. The summed E-state index contributed by atoms with van der Waals surface area (Å²) in [6.45, 7) is 7.85. The molecule has 1 aromatic rings. The zero-order valence-electron chi connectivity index (χ0n) is 17.3. The SMILES string of the molecule is CCNC(=NCc1ccc(OCC)c(OC)c1)NCC1(CCOC)CCC1. The van der Waals surface area contributed by atoms with Crippen molar-refractivity contribution in [1.29, 1.82) is 0 Å². The zero-order chi connectivity index (χ0) is 19.5. The molecule has 0 aromatic heterocycles. The van der Waals surface area contributed by atoms with Crippen molar-refractivity contribution in [2.45, 2.75) is 46.1 Å². The average Bonchev–Trinajstić information content (AvgIpc) is 2.65. The zero-order valence-corrected chi connectivity index (χ0v) is 17.3. The fraction of sp³-hybridized carbons (Fsp3) is 0.667. The second-order valence-electron chi connectivity index (χ2n) is 7.06. The molecule has 0 radical (unpaired) electrons. The van der Waals surface area contributed by atoms with Crippen LogP contribution in [0.25, 0.3) is 0 Å². The minimum Gasteiger partial charge on any atom is -0.493 e. The molecule has 0 atom stereocenters. The molecular weight excluding hydrogens is 342 g/mol. The van der Waals surface area contributed by atoms with E-state index in [0.29, 0.717) is 18.6 Å². The van der Waals surface area contributed by atoms with Crippen LogP contribution in [0, 0.1) is 5.41 Å². The summed E-state index contributed by atoms with van der Waals surface area (Å²) in [4.78, 5) is 4.74. The van der Waals surface area contributed by atoms with Gasteiger partial charge in [0.25, 0.3) is 0 Å². The summed E-state index contributed by atoms with van der Waals surface area (Å²) in [6.07, 6.45) is 4.94. The second-order valence-corrected chi connectivity index (χ2v) is 7.06. The first-order valence-electron chi connectivity index (χ1n) is 9.97. The van der Waals surface area contributed by atoms with E-state index in [1.807, 2.05) is 25.1 Å². The molecule has 0 saturated heterocycles. The van der Waals surface area contributed by atoms with Crippen LogP contribution in [-0.2, 0) is 11.3 Å². The molecule has 0 aliphatic heterocycles. The van der Waals surface area contributed by atoms with Gasteiger partial charge in [-0.3, -0.25) is 0 Å². The van der Waals surface area contributed by atoms with E-state index in [2.05, 4.69) is 17.6 Å². The Bertz CT molecular complexity index is 600. The lowest BCUT2D eigenvalue weighted by Crippen LogP contribution is -2.46. The van der Waals surface area contributed by atoms with Gasteiger partial charge in [-0.25, -0.2) is 4.99 Å². The number of hydrogen-bond donors (Lipinski definition) is 2. The van der Waals surface area contributed by atoms with E-state index in [1.165, 1.54) is 19.3 Å². The van der Waals surface area contributed by atoms with Crippen LogP contribution in [-0.4, -0.2) is 46.5 Å². The number of hydrogen-bond acceptors (Lipinski definition) is 4. The Balaban J connectivity index is 1.98. The maximum atomic E-state index is 5.58. The topological polar surface area (TPSA) is 64.1 Å². The number of nitrogens with zero attached hydrogens (tertiary/aromatic N) is 1.